The SMILES string of the molecule is CN(CC(=O)OC(C)(C)C1CCNCC1)CC(=O)OC(C)(C)C1CCNCC1. The fourth-order valence-corrected chi connectivity index (χ4v) is 4.35. The van der Waals surface area contributed by atoms with Crippen molar-refractivity contribution < 1.29 is 19.1 Å². The Hall–Kier alpha value is -1.18. The number of piperidine rings is 2. The third kappa shape index (κ3) is 7.01. The lowest BCUT2D eigenvalue weighted by molar-refractivity contribution is -0.167. The van der Waals surface area contributed by atoms with Gasteiger partial charge in [-0.3, -0.25) is 14.5 Å². The summed E-state index contributed by atoms with van der Waals surface area (Å²) < 4.78 is 11.5. The molecule has 0 atom stereocenters. The number of carbonyl (C=O) groups excluding carboxylic acids is 2. The number of hydrogen-bond donors (Lipinski definition) is 2. The molecule has 0 unspecified atom stereocenters. The summed E-state index contributed by atoms with van der Waals surface area (Å²) in [5.41, 5.74) is -0.977. The van der Waals surface area contributed by atoms with E-state index in [4.69, 9.17) is 9.47 Å². The van der Waals surface area contributed by atoms with Crippen molar-refractivity contribution in [3.8, 4) is 0 Å². The molecule has 0 amide bonds. The molecule has 0 bridgehead atoms. The van der Waals surface area contributed by atoms with Gasteiger partial charge in [-0.2, -0.15) is 0 Å². The van der Waals surface area contributed by atoms with Crippen LogP contribution < -0.4 is 10.6 Å². The molecule has 2 saturated heterocycles. The lowest BCUT2D eigenvalue weighted by Crippen LogP contribution is -2.46. The van der Waals surface area contributed by atoms with Crippen LogP contribution in [0.4, 0.5) is 0 Å². The van der Waals surface area contributed by atoms with Gasteiger partial charge in [0.25, 0.3) is 0 Å². The Kier molecular flexibility index (Phi) is 8.28. The van der Waals surface area contributed by atoms with E-state index in [2.05, 4.69) is 10.6 Å². The second-order valence-corrected chi connectivity index (χ2v) is 9.38. The Morgan fingerprint density at radius 2 is 1.11 bits per heavy atom. The van der Waals surface area contributed by atoms with Gasteiger partial charge in [-0.1, -0.05) is 0 Å². The Bertz CT molecular complexity index is 478. The summed E-state index contributed by atoms with van der Waals surface area (Å²) in [5.74, 6) is 0.130. The maximum absolute atomic E-state index is 12.4. The summed E-state index contributed by atoms with van der Waals surface area (Å²) in [5, 5.41) is 6.66. The summed E-state index contributed by atoms with van der Waals surface area (Å²) in [6.45, 7) is 11.9. The van der Waals surface area contributed by atoms with Crippen LogP contribution in [-0.4, -0.2) is 74.4 Å². The van der Waals surface area contributed by atoms with Gasteiger partial charge in [0.05, 0.1) is 13.1 Å². The van der Waals surface area contributed by atoms with E-state index >= 15 is 0 Å². The largest absolute Gasteiger partial charge is 0.458 e. The van der Waals surface area contributed by atoms with Crippen LogP contribution in [0.2, 0.25) is 0 Å². The van der Waals surface area contributed by atoms with Crippen molar-refractivity contribution in [1.29, 1.82) is 0 Å². The zero-order valence-corrected chi connectivity index (χ0v) is 18.3. The number of ether oxygens (including phenoxy) is 2. The second kappa shape index (κ2) is 10.0. The molecule has 0 aromatic rings. The van der Waals surface area contributed by atoms with E-state index in [1.54, 1.807) is 11.9 Å². The van der Waals surface area contributed by atoms with E-state index in [-0.39, 0.29) is 25.0 Å². The molecule has 0 spiro atoms. The van der Waals surface area contributed by atoms with Gasteiger partial charge in [-0.05, 0) is 86.6 Å². The van der Waals surface area contributed by atoms with Gasteiger partial charge in [0.15, 0.2) is 0 Å². The van der Waals surface area contributed by atoms with E-state index in [1.807, 2.05) is 27.7 Å². The molecule has 0 radical (unpaired) electrons. The first-order valence-electron chi connectivity index (χ1n) is 10.6. The standard InChI is InChI=1S/C21H39N3O4/c1-20(2,16-6-10-22-11-7-16)27-18(25)14-24(5)15-19(26)28-21(3,4)17-8-12-23-13-9-17/h16-17,22-23H,6-15H2,1-5H3. The monoisotopic (exact) mass is 397 g/mol. The van der Waals surface area contributed by atoms with Gasteiger partial charge < -0.3 is 20.1 Å². The van der Waals surface area contributed by atoms with E-state index in [0.29, 0.717) is 11.8 Å². The second-order valence-electron chi connectivity index (χ2n) is 9.38. The quantitative estimate of drug-likeness (QED) is 0.602. The fourth-order valence-electron chi connectivity index (χ4n) is 4.35. The molecule has 0 aliphatic carbocycles. The lowest BCUT2D eigenvalue weighted by Gasteiger charge is -2.37. The summed E-state index contributed by atoms with van der Waals surface area (Å²) in [6, 6.07) is 0. The fraction of sp³-hybridized carbons (Fsp3) is 0.905. The topological polar surface area (TPSA) is 79.9 Å². The number of carbonyl (C=O) groups is 2. The van der Waals surface area contributed by atoms with Crippen LogP contribution >= 0.6 is 0 Å². The molecule has 7 heteroatoms. The average Bonchev–Trinajstić information content (AvgIpc) is 2.62. The Morgan fingerprint density at radius 1 is 0.786 bits per heavy atom. The number of nitrogens with one attached hydrogen (secondary N) is 2. The van der Waals surface area contributed by atoms with E-state index < -0.39 is 11.2 Å². The van der Waals surface area contributed by atoms with Crippen LogP contribution in [0.15, 0.2) is 0 Å². The van der Waals surface area contributed by atoms with Crippen molar-refractivity contribution in [2.75, 3.05) is 46.3 Å². The molecule has 2 N–H and O–H groups in total. The molecule has 2 aliphatic rings. The predicted molar refractivity (Wildman–Crippen MR) is 109 cm³/mol. The van der Waals surface area contributed by atoms with Crippen molar-refractivity contribution in [1.82, 2.24) is 15.5 Å². The first-order chi connectivity index (χ1) is 13.1. The summed E-state index contributed by atoms with van der Waals surface area (Å²) in [4.78, 5) is 26.4. The van der Waals surface area contributed by atoms with Crippen molar-refractivity contribution >= 4 is 11.9 Å². The molecule has 0 aromatic carbocycles. The van der Waals surface area contributed by atoms with Gasteiger partial charge in [0.2, 0.25) is 0 Å². The van der Waals surface area contributed by atoms with Crippen molar-refractivity contribution in [3.05, 3.63) is 0 Å². The molecule has 2 rings (SSSR count). The van der Waals surface area contributed by atoms with Crippen molar-refractivity contribution in [2.24, 2.45) is 11.8 Å². The molecular weight excluding hydrogens is 358 g/mol. The maximum atomic E-state index is 12.4. The zero-order valence-electron chi connectivity index (χ0n) is 18.3. The summed E-state index contributed by atoms with van der Waals surface area (Å²) in [6.07, 6.45) is 4.03. The zero-order chi connectivity index (χ0) is 20.8. The molecule has 162 valence electrons. The normalized spacial score (nSPS) is 20.2. The third-order valence-corrected chi connectivity index (χ3v) is 6.20. The van der Waals surface area contributed by atoms with Crippen LogP contribution in [0.1, 0.15) is 53.4 Å². The predicted octanol–water partition coefficient (Wildman–Crippen LogP) is 1.56. The van der Waals surface area contributed by atoms with Crippen molar-refractivity contribution in [2.45, 2.75) is 64.6 Å². The molecule has 2 aliphatic heterocycles. The number of nitrogens with zero attached hydrogens (tertiary/aromatic N) is 1. The van der Waals surface area contributed by atoms with Gasteiger partial charge >= 0.3 is 11.9 Å². The minimum Gasteiger partial charge on any atom is -0.458 e. The highest BCUT2D eigenvalue weighted by Crippen LogP contribution is 2.30. The molecule has 28 heavy (non-hydrogen) atoms. The first-order valence-corrected chi connectivity index (χ1v) is 10.6. The van der Waals surface area contributed by atoms with E-state index in [0.717, 1.165) is 51.9 Å². The van der Waals surface area contributed by atoms with E-state index in [9.17, 15) is 9.59 Å². The van der Waals surface area contributed by atoms with Crippen LogP contribution in [0.3, 0.4) is 0 Å². The number of hydrogen-bond acceptors (Lipinski definition) is 7. The number of rotatable bonds is 8. The average molecular weight is 398 g/mol. The first kappa shape index (κ1) is 23.1. The van der Waals surface area contributed by atoms with E-state index in [1.165, 1.54) is 0 Å². The van der Waals surface area contributed by atoms with Gasteiger partial charge in [-0.15, -0.1) is 0 Å². The molecule has 2 fully saturated rings. The molecule has 7 nitrogen and oxygen atoms in total. The highest BCUT2D eigenvalue weighted by Gasteiger charge is 2.36. The minimum absolute atomic E-state index is 0.0806. The third-order valence-electron chi connectivity index (χ3n) is 6.20. The number of likely N-dealkylation sites (N-methyl/N-ethyl adjacent to an activating group) is 1. The minimum atomic E-state index is -0.489. The highest BCUT2D eigenvalue weighted by molar-refractivity contribution is 5.75. The van der Waals surface area contributed by atoms with Crippen molar-refractivity contribution in [3.63, 3.8) is 0 Å². The highest BCUT2D eigenvalue weighted by atomic mass is 16.6. The van der Waals surface area contributed by atoms with Crippen LogP contribution in [0.25, 0.3) is 0 Å². The van der Waals surface area contributed by atoms with Gasteiger partial charge in [-0.25, -0.2) is 0 Å². The summed E-state index contributed by atoms with van der Waals surface area (Å²) >= 11 is 0. The Labute approximate surface area is 169 Å². The molecule has 2 heterocycles. The Balaban J connectivity index is 1.76. The number of esters is 2. The lowest BCUT2D eigenvalue weighted by atomic mass is 9.83. The van der Waals surface area contributed by atoms with Crippen LogP contribution in [0.5, 0.6) is 0 Å². The Morgan fingerprint density at radius 3 is 1.43 bits per heavy atom. The van der Waals surface area contributed by atoms with Gasteiger partial charge in [0, 0.05) is 11.8 Å². The summed E-state index contributed by atoms with van der Waals surface area (Å²) in [7, 11) is 1.75. The molecule has 0 aromatic heterocycles. The smallest absolute Gasteiger partial charge is 0.320 e. The maximum Gasteiger partial charge on any atom is 0.320 e. The van der Waals surface area contributed by atoms with Crippen LogP contribution in [-0.2, 0) is 19.1 Å². The van der Waals surface area contributed by atoms with Gasteiger partial charge in [0.1, 0.15) is 11.2 Å². The van der Waals surface area contributed by atoms with Crippen LogP contribution in [0, 0.1) is 11.8 Å². The molecular formula is C21H39N3O4. The molecule has 0 saturated carbocycles.